The van der Waals surface area contributed by atoms with Crippen LogP contribution in [-0.4, -0.2) is 42.4 Å². The molecule has 0 aromatic rings. The molecule has 0 saturated carbocycles. The number of rotatable bonds is 3. The molecule has 0 bridgehead atoms. The van der Waals surface area contributed by atoms with Crippen LogP contribution in [0.15, 0.2) is 0 Å². The molecule has 0 aromatic heterocycles. The van der Waals surface area contributed by atoms with E-state index in [1.807, 2.05) is 39.8 Å². The Morgan fingerprint density at radius 2 is 1.69 bits per heavy atom. The Labute approximate surface area is 85.8 Å². The zero-order valence-corrected chi connectivity index (χ0v) is 10.1. The molecule has 0 aromatic carbocycles. The van der Waals surface area contributed by atoms with Crippen LogP contribution in [-0.2, 0) is 9.53 Å². The maximum atomic E-state index is 11.6. The molecule has 3 nitrogen and oxygen atoms in total. The first-order valence-electron chi connectivity index (χ1n) is 4.16. The van der Waals surface area contributed by atoms with E-state index in [0.29, 0.717) is 0 Å². The molecule has 0 rings (SSSR count). The lowest BCUT2D eigenvalue weighted by atomic mass is 9.86. The fraction of sp³-hybridized carbons (Fsp3) is 0.889. The van der Waals surface area contributed by atoms with Gasteiger partial charge in [0.15, 0.2) is 0 Å². The highest BCUT2D eigenvalue weighted by molar-refractivity contribution is 7.81. The maximum absolute atomic E-state index is 11.6. The lowest BCUT2D eigenvalue weighted by Crippen LogP contribution is -2.60. The highest BCUT2D eigenvalue weighted by Crippen LogP contribution is 2.33. The molecule has 0 aliphatic heterocycles. The first-order chi connectivity index (χ1) is 5.67. The summed E-state index contributed by atoms with van der Waals surface area (Å²) in [6, 6.07) is 0. The Balaban J connectivity index is 5.08. The Kier molecular flexibility index (Phi) is 3.82. The van der Waals surface area contributed by atoms with Crippen LogP contribution in [0.5, 0.6) is 0 Å². The Morgan fingerprint density at radius 1 is 1.31 bits per heavy atom. The molecular weight excluding hydrogens is 186 g/mol. The molecule has 0 amide bonds. The molecular formula is C9H19NO2S. The van der Waals surface area contributed by atoms with Gasteiger partial charge in [0.1, 0.15) is 5.54 Å². The van der Waals surface area contributed by atoms with E-state index in [1.54, 1.807) is 0 Å². The zero-order valence-electron chi connectivity index (χ0n) is 9.21. The Morgan fingerprint density at radius 3 is 1.77 bits per heavy atom. The summed E-state index contributed by atoms with van der Waals surface area (Å²) in [4.78, 5) is 13.4. The summed E-state index contributed by atoms with van der Waals surface area (Å²) >= 11 is 4.43. The summed E-state index contributed by atoms with van der Waals surface area (Å²) in [5.41, 5.74) is -0.717. The van der Waals surface area contributed by atoms with Crippen LogP contribution < -0.4 is 0 Å². The van der Waals surface area contributed by atoms with Gasteiger partial charge >= 0.3 is 5.97 Å². The second kappa shape index (κ2) is 3.88. The van der Waals surface area contributed by atoms with Crippen molar-refractivity contribution in [2.24, 2.45) is 0 Å². The monoisotopic (exact) mass is 205 g/mol. The van der Waals surface area contributed by atoms with Crippen molar-refractivity contribution in [2.75, 3.05) is 21.2 Å². The largest absolute Gasteiger partial charge is 0.468 e. The highest BCUT2D eigenvalue weighted by atomic mass is 32.1. The summed E-state index contributed by atoms with van der Waals surface area (Å²) in [5.74, 6) is -0.266. The second-order valence-corrected chi connectivity index (χ2v) is 5.14. The third-order valence-electron chi connectivity index (χ3n) is 2.67. The standard InChI is InChI=1S/C9H19NO2S/c1-8(2,13)9(3,10(4)5)7(11)12-6/h13H,1-6H3. The van der Waals surface area contributed by atoms with E-state index in [4.69, 9.17) is 4.74 Å². The van der Waals surface area contributed by atoms with E-state index in [2.05, 4.69) is 12.6 Å². The number of esters is 1. The van der Waals surface area contributed by atoms with Gasteiger partial charge in [0, 0.05) is 4.75 Å². The van der Waals surface area contributed by atoms with E-state index in [0.717, 1.165) is 0 Å². The van der Waals surface area contributed by atoms with Crippen molar-refractivity contribution in [1.82, 2.24) is 4.90 Å². The van der Waals surface area contributed by atoms with Gasteiger partial charge in [0.05, 0.1) is 7.11 Å². The number of carbonyl (C=O) groups is 1. The van der Waals surface area contributed by atoms with Gasteiger partial charge in [-0.25, -0.2) is 0 Å². The van der Waals surface area contributed by atoms with Crippen molar-refractivity contribution in [3.05, 3.63) is 0 Å². The Hall–Kier alpha value is -0.220. The molecule has 1 atom stereocenters. The van der Waals surface area contributed by atoms with Crippen molar-refractivity contribution in [1.29, 1.82) is 0 Å². The van der Waals surface area contributed by atoms with Crippen molar-refractivity contribution in [2.45, 2.75) is 31.1 Å². The maximum Gasteiger partial charge on any atom is 0.327 e. The van der Waals surface area contributed by atoms with E-state index in [-0.39, 0.29) is 5.97 Å². The predicted octanol–water partition coefficient (Wildman–Crippen LogP) is 1.19. The lowest BCUT2D eigenvalue weighted by molar-refractivity contribution is -0.154. The van der Waals surface area contributed by atoms with Crippen LogP contribution >= 0.6 is 12.6 Å². The van der Waals surface area contributed by atoms with Gasteiger partial charge in [-0.15, -0.1) is 0 Å². The summed E-state index contributed by atoms with van der Waals surface area (Å²) in [7, 11) is 5.08. The number of ether oxygens (including phenoxy) is 1. The molecule has 0 radical (unpaired) electrons. The number of hydrogen-bond acceptors (Lipinski definition) is 4. The third kappa shape index (κ3) is 2.17. The van der Waals surface area contributed by atoms with Crippen LogP contribution in [0, 0.1) is 0 Å². The Bertz CT molecular complexity index is 198. The quantitative estimate of drug-likeness (QED) is 0.554. The normalized spacial score (nSPS) is 16.9. The first-order valence-corrected chi connectivity index (χ1v) is 4.61. The molecule has 0 N–H and O–H groups in total. The van der Waals surface area contributed by atoms with Crippen LogP contribution in [0.25, 0.3) is 0 Å². The fourth-order valence-corrected chi connectivity index (χ4v) is 1.47. The number of thiol groups is 1. The van der Waals surface area contributed by atoms with Gasteiger partial charge in [0.25, 0.3) is 0 Å². The molecule has 0 spiro atoms. The SMILES string of the molecule is COC(=O)C(C)(N(C)C)C(C)(C)S. The smallest absolute Gasteiger partial charge is 0.327 e. The molecule has 78 valence electrons. The number of carbonyl (C=O) groups excluding carboxylic acids is 1. The summed E-state index contributed by atoms with van der Waals surface area (Å²) in [6.07, 6.45) is 0. The molecule has 0 fully saturated rings. The molecule has 13 heavy (non-hydrogen) atoms. The molecule has 0 aliphatic carbocycles. The summed E-state index contributed by atoms with van der Waals surface area (Å²) in [5, 5.41) is 0. The topological polar surface area (TPSA) is 29.5 Å². The van der Waals surface area contributed by atoms with Crippen LogP contribution in [0.1, 0.15) is 20.8 Å². The van der Waals surface area contributed by atoms with Gasteiger partial charge < -0.3 is 4.74 Å². The van der Waals surface area contributed by atoms with Crippen molar-refractivity contribution >= 4 is 18.6 Å². The predicted molar refractivity (Wildman–Crippen MR) is 57.2 cm³/mol. The first kappa shape index (κ1) is 12.8. The van der Waals surface area contributed by atoms with Gasteiger partial charge in [-0.1, -0.05) is 0 Å². The van der Waals surface area contributed by atoms with E-state index in [1.165, 1.54) is 7.11 Å². The van der Waals surface area contributed by atoms with Crippen molar-refractivity contribution in [3.8, 4) is 0 Å². The van der Waals surface area contributed by atoms with Crippen molar-refractivity contribution < 1.29 is 9.53 Å². The molecule has 1 unspecified atom stereocenters. The van der Waals surface area contributed by atoms with Crippen molar-refractivity contribution in [3.63, 3.8) is 0 Å². The number of nitrogens with zero attached hydrogens (tertiary/aromatic N) is 1. The lowest BCUT2D eigenvalue weighted by Gasteiger charge is -2.43. The zero-order chi connectivity index (χ0) is 10.9. The molecule has 0 heterocycles. The van der Waals surface area contributed by atoms with Gasteiger partial charge in [0.2, 0.25) is 0 Å². The summed E-state index contributed by atoms with van der Waals surface area (Å²) in [6.45, 7) is 5.62. The number of likely N-dealkylation sites (N-methyl/N-ethyl adjacent to an activating group) is 1. The van der Waals surface area contributed by atoms with Gasteiger partial charge in [-0.3, -0.25) is 9.69 Å². The van der Waals surface area contributed by atoms with E-state index in [9.17, 15) is 4.79 Å². The minimum Gasteiger partial charge on any atom is -0.468 e. The van der Waals surface area contributed by atoms with Crippen LogP contribution in [0.4, 0.5) is 0 Å². The van der Waals surface area contributed by atoms with Gasteiger partial charge in [-0.2, -0.15) is 12.6 Å². The average Bonchev–Trinajstić information content (AvgIpc) is 1.98. The van der Waals surface area contributed by atoms with E-state index < -0.39 is 10.3 Å². The number of methoxy groups -OCH3 is 1. The number of hydrogen-bond donors (Lipinski definition) is 1. The average molecular weight is 205 g/mol. The highest BCUT2D eigenvalue weighted by Gasteiger charge is 2.48. The van der Waals surface area contributed by atoms with Crippen LogP contribution in [0.2, 0.25) is 0 Å². The minimum atomic E-state index is -0.717. The van der Waals surface area contributed by atoms with E-state index >= 15 is 0 Å². The molecule has 0 aliphatic rings. The fourth-order valence-electron chi connectivity index (χ4n) is 1.18. The minimum absolute atomic E-state index is 0.266. The molecule has 0 saturated heterocycles. The second-order valence-electron chi connectivity index (χ2n) is 4.02. The molecule has 4 heteroatoms. The summed E-state index contributed by atoms with van der Waals surface area (Å²) < 4.78 is 4.32. The third-order valence-corrected chi connectivity index (χ3v) is 3.10. The van der Waals surface area contributed by atoms with Gasteiger partial charge in [-0.05, 0) is 34.9 Å². The van der Waals surface area contributed by atoms with Crippen LogP contribution in [0.3, 0.4) is 0 Å².